The van der Waals surface area contributed by atoms with Crippen molar-refractivity contribution in [3.05, 3.63) is 0 Å². The van der Waals surface area contributed by atoms with Crippen molar-refractivity contribution in [2.45, 2.75) is 31.7 Å². The molecular weight excluding hydrogens is 262 g/mol. The van der Waals surface area contributed by atoms with Gasteiger partial charge in [-0.2, -0.15) is 0 Å². The van der Waals surface area contributed by atoms with Gasteiger partial charge in [0.25, 0.3) is 0 Å². The summed E-state index contributed by atoms with van der Waals surface area (Å²) in [6, 6.07) is -0.940. The number of amides is 1. The summed E-state index contributed by atoms with van der Waals surface area (Å²) in [6.07, 6.45) is 0.570. The highest BCUT2D eigenvalue weighted by Crippen LogP contribution is 2.23. The maximum atomic E-state index is 11.7. The Morgan fingerprint density at radius 2 is 2.11 bits per heavy atom. The van der Waals surface area contributed by atoms with Gasteiger partial charge < -0.3 is 15.1 Å². The quantitative estimate of drug-likeness (QED) is 0.671. The standard InChI is InChI=1S/C11H16ClNO5/c12-5-7-4-9(14)13(6-7)8(11(17)18)2-1-3-10(15)16/h7-8H,1-6H2,(H,15,16)(H,17,18)/t7?,8-/m1/s1. The van der Waals surface area contributed by atoms with Gasteiger partial charge in [-0.15, -0.1) is 11.6 Å². The highest BCUT2D eigenvalue weighted by molar-refractivity contribution is 6.18. The van der Waals surface area contributed by atoms with Crippen molar-refractivity contribution >= 4 is 29.4 Å². The monoisotopic (exact) mass is 277 g/mol. The van der Waals surface area contributed by atoms with Crippen molar-refractivity contribution in [2.24, 2.45) is 5.92 Å². The van der Waals surface area contributed by atoms with Gasteiger partial charge in [0.15, 0.2) is 0 Å². The highest BCUT2D eigenvalue weighted by Gasteiger charge is 2.36. The van der Waals surface area contributed by atoms with Gasteiger partial charge in [0.2, 0.25) is 5.91 Å². The summed E-state index contributed by atoms with van der Waals surface area (Å²) in [4.78, 5) is 34.5. The van der Waals surface area contributed by atoms with E-state index in [9.17, 15) is 14.4 Å². The molecule has 0 aliphatic carbocycles. The topological polar surface area (TPSA) is 94.9 Å². The van der Waals surface area contributed by atoms with E-state index in [1.165, 1.54) is 4.90 Å². The molecule has 6 nitrogen and oxygen atoms in total. The Bertz CT molecular complexity index is 346. The zero-order valence-electron chi connectivity index (χ0n) is 9.84. The van der Waals surface area contributed by atoms with Crippen molar-refractivity contribution in [3.8, 4) is 0 Å². The number of nitrogens with zero attached hydrogens (tertiary/aromatic N) is 1. The third-order valence-corrected chi connectivity index (χ3v) is 3.42. The van der Waals surface area contributed by atoms with Crippen LogP contribution >= 0.6 is 11.6 Å². The summed E-state index contributed by atoms with van der Waals surface area (Å²) in [5, 5.41) is 17.6. The number of carbonyl (C=O) groups excluding carboxylic acids is 1. The summed E-state index contributed by atoms with van der Waals surface area (Å²) >= 11 is 5.66. The normalized spacial score (nSPS) is 21.1. The summed E-state index contributed by atoms with van der Waals surface area (Å²) in [5.74, 6) is -1.97. The molecule has 1 aliphatic rings. The molecular formula is C11H16ClNO5. The van der Waals surface area contributed by atoms with Crippen LogP contribution in [0.4, 0.5) is 0 Å². The van der Waals surface area contributed by atoms with Gasteiger partial charge >= 0.3 is 11.9 Å². The molecule has 0 saturated carbocycles. The summed E-state index contributed by atoms with van der Waals surface area (Å²) in [7, 11) is 0. The Balaban J connectivity index is 2.59. The van der Waals surface area contributed by atoms with E-state index < -0.39 is 18.0 Å². The zero-order chi connectivity index (χ0) is 13.7. The van der Waals surface area contributed by atoms with Crippen LogP contribution in [0.3, 0.4) is 0 Å². The molecule has 2 atom stereocenters. The number of rotatable bonds is 7. The fourth-order valence-electron chi connectivity index (χ4n) is 2.07. The minimum atomic E-state index is -1.09. The first-order chi connectivity index (χ1) is 8.45. The molecule has 0 bridgehead atoms. The maximum Gasteiger partial charge on any atom is 0.326 e. The Hall–Kier alpha value is -1.30. The smallest absolute Gasteiger partial charge is 0.326 e. The van der Waals surface area contributed by atoms with Crippen LogP contribution in [0.1, 0.15) is 25.7 Å². The van der Waals surface area contributed by atoms with E-state index in [0.29, 0.717) is 12.4 Å². The lowest BCUT2D eigenvalue weighted by Gasteiger charge is -2.24. The average Bonchev–Trinajstić information content (AvgIpc) is 2.65. The van der Waals surface area contributed by atoms with Crippen LogP contribution in [-0.2, 0) is 14.4 Å². The average molecular weight is 278 g/mol. The largest absolute Gasteiger partial charge is 0.481 e. The highest BCUT2D eigenvalue weighted by atomic mass is 35.5. The van der Waals surface area contributed by atoms with Gasteiger partial charge in [-0.3, -0.25) is 9.59 Å². The van der Waals surface area contributed by atoms with Crippen molar-refractivity contribution < 1.29 is 24.6 Å². The summed E-state index contributed by atoms with van der Waals surface area (Å²) < 4.78 is 0. The van der Waals surface area contributed by atoms with Crippen molar-refractivity contribution in [1.82, 2.24) is 4.90 Å². The lowest BCUT2D eigenvalue weighted by Crippen LogP contribution is -2.42. The lowest BCUT2D eigenvalue weighted by molar-refractivity contribution is -0.149. The Labute approximate surface area is 110 Å². The Morgan fingerprint density at radius 1 is 1.44 bits per heavy atom. The van der Waals surface area contributed by atoms with Gasteiger partial charge in [0, 0.05) is 25.3 Å². The Morgan fingerprint density at radius 3 is 2.56 bits per heavy atom. The molecule has 1 aliphatic heterocycles. The minimum absolute atomic E-state index is 0.0134. The van der Waals surface area contributed by atoms with Crippen molar-refractivity contribution in [2.75, 3.05) is 12.4 Å². The molecule has 7 heteroatoms. The first-order valence-corrected chi connectivity index (χ1v) is 6.29. The fourth-order valence-corrected chi connectivity index (χ4v) is 2.28. The van der Waals surface area contributed by atoms with Crippen LogP contribution in [0.2, 0.25) is 0 Å². The molecule has 1 rings (SSSR count). The number of hydrogen-bond donors (Lipinski definition) is 2. The van der Waals surface area contributed by atoms with Crippen LogP contribution in [0.5, 0.6) is 0 Å². The molecule has 1 fully saturated rings. The van der Waals surface area contributed by atoms with Gasteiger partial charge in [-0.1, -0.05) is 0 Å². The number of carboxylic acids is 2. The van der Waals surface area contributed by atoms with Gasteiger partial charge in [0.1, 0.15) is 6.04 Å². The van der Waals surface area contributed by atoms with Gasteiger partial charge in [-0.25, -0.2) is 4.79 Å². The number of carboxylic acid groups (broad SMARTS) is 2. The molecule has 0 aromatic heterocycles. The van der Waals surface area contributed by atoms with E-state index >= 15 is 0 Å². The summed E-state index contributed by atoms with van der Waals surface area (Å²) in [6.45, 7) is 0.340. The first-order valence-electron chi connectivity index (χ1n) is 5.75. The predicted molar refractivity (Wildman–Crippen MR) is 63.5 cm³/mol. The number of hydrogen-bond acceptors (Lipinski definition) is 3. The molecule has 18 heavy (non-hydrogen) atoms. The van der Waals surface area contributed by atoms with E-state index in [-0.39, 0.29) is 37.5 Å². The van der Waals surface area contributed by atoms with Crippen LogP contribution in [0, 0.1) is 5.92 Å². The lowest BCUT2D eigenvalue weighted by atomic mass is 10.1. The number of carbonyl (C=O) groups is 3. The first kappa shape index (κ1) is 14.8. The minimum Gasteiger partial charge on any atom is -0.481 e. The van der Waals surface area contributed by atoms with Crippen LogP contribution in [-0.4, -0.2) is 51.4 Å². The zero-order valence-corrected chi connectivity index (χ0v) is 10.6. The predicted octanol–water partition coefficient (Wildman–Crippen LogP) is 0.782. The maximum absolute atomic E-state index is 11.7. The number of halogens is 1. The molecule has 1 saturated heterocycles. The number of aliphatic carboxylic acids is 2. The number of likely N-dealkylation sites (tertiary alicyclic amines) is 1. The Kier molecular flexibility index (Phi) is 5.40. The van der Waals surface area contributed by atoms with E-state index in [4.69, 9.17) is 21.8 Å². The molecule has 1 heterocycles. The van der Waals surface area contributed by atoms with Crippen LogP contribution < -0.4 is 0 Å². The summed E-state index contributed by atoms with van der Waals surface area (Å²) in [5.41, 5.74) is 0. The molecule has 0 aromatic rings. The third-order valence-electron chi connectivity index (χ3n) is 2.99. The fraction of sp³-hybridized carbons (Fsp3) is 0.727. The third kappa shape index (κ3) is 3.87. The SMILES string of the molecule is O=C(O)CCC[C@H](C(=O)O)N1CC(CCl)CC1=O. The van der Waals surface area contributed by atoms with E-state index in [0.717, 1.165) is 0 Å². The van der Waals surface area contributed by atoms with E-state index in [1.54, 1.807) is 0 Å². The van der Waals surface area contributed by atoms with Gasteiger partial charge in [-0.05, 0) is 18.8 Å². The van der Waals surface area contributed by atoms with E-state index in [2.05, 4.69) is 0 Å². The second-order valence-corrected chi connectivity index (χ2v) is 4.72. The molecule has 1 amide bonds. The molecule has 102 valence electrons. The molecule has 0 aromatic carbocycles. The van der Waals surface area contributed by atoms with Gasteiger partial charge in [0.05, 0.1) is 0 Å². The van der Waals surface area contributed by atoms with Crippen LogP contribution in [0.15, 0.2) is 0 Å². The number of alkyl halides is 1. The molecule has 2 N–H and O–H groups in total. The molecule has 0 radical (unpaired) electrons. The second kappa shape index (κ2) is 6.58. The van der Waals surface area contributed by atoms with Crippen molar-refractivity contribution in [3.63, 3.8) is 0 Å². The van der Waals surface area contributed by atoms with E-state index in [1.807, 2.05) is 0 Å². The molecule has 0 spiro atoms. The second-order valence-electron chi connectivity index (χ2n) is 4.41. The molecule has 1 unspecified atom stereocenters. The van der Waals surface area contributed by atoms with Crippen molar-refractivity contribution in [1.29, 1.82) is 0 Å². The van der Waals surface area contributed by atoms with Crippen LogP contribution in [0.25, 0.3) is 0 Å².